The fraction of sp³-hybridized carbons (Fsp3) is 0.833. The lowest BCUT2D eigenvalue weighted by molar-refractivity contribution is -0.0480. The summed E-state index contributed by atoms with van der Waals surface area (Å²) < 4.78 is 0. The topological polar surface area (TPSA) is 40.5 Å². The van der Waals surface area contributed by atoms with Gasteiger partial charge in [-0.2, -0.15) is 0 Å². The first-order valence-corrected chi connectivity index (χ1v) is 5.55. The third-order valence-electron chi connectivity index (χ3n) is 4.10. The van der Waals surface area contributed by atoms with Gasteiger partial charge in [0.25, 0.3) is 0 Å². The molecule has 0 fully saturated rings. The van der Waals surface area contributed by atoms with E-state index in [9.17, 15) is 10.2 Å². The number of hydrogen-bond donors (Lipinski definition) is 2. The van der Waals surface area contributed by atoms with Gasteiger partial charge in [-0.3, -0.25) is 0 Å². The van der Waals surface area contributed by atoms with Crippen molar-refractivity contribution in [1.29, 1.82) is 0 Å². The molecule has 0 aromatic rings. The van der Waals surface area contributed by atoms with Crippen LogP contribution in [-0.4, -0.2) is 21.4 Å². The lowest BCUT2D eigenvalue weighted by Crippen LogP contribution is -2.40. The van der Waals surface area contributed by atoms with Crippen molar-refractivity contribution in [3.8, 4) is 0 Å². The van der Waals surface area contributed by atoms with Gasteiger partial charge in [-0.1, -0.05) is 12.2 Å². The van der Waals surface area contributed by atoms with Gasteiger partial charge in [0.15, 0.2) is 0 Å². The number of fused-ring (bicyclic) bond motifs is 2. The van der Waals surface area contributed by atoms with E-state index in [1.54, 1.807) is 0 Å². The molecular weight excluding hydrogens is 176 g/mol. The third-order valence-corrected chi connectivity index (χ3v) is 4.10. The fourth-order valence-electron chi connectivity index (χ4n) is 2.76. The summed E-state index contributed by atoms with van der Waals surface area (Å²) in [4.78, 5) is 0. The fourth-order valence-corrected chi connectivity index (χ4v) is 2.76. The summed E-state index contributed by atoms with van der Waals surface area (Å²) in [6.45, 7) is 3.84. The van der Waals surface area contributed by atoms with Crippen molar-refractivity contribution in [2.75, 3.05) is 0 Å². The van der Waals surface area contributed by atoms with Crippen LogP contribution in [0.3, 0.4) is 0 Å². The van der Waals surface area contributed by atoms with E-state index in [1.165, 1.54) is 0 Å². The lowest BCUT2D eigenvalue weighted by Gasteiger charge is -2.37. The molecule has 2 nitrogen and oxygen atoms in total. The quantitative estimate of drug-likeness (QED) is 0.581. The van der Waals surface area contributed by atoms with E-state index in [2.05, 4.69) is 12.2 Å². The monoisotopic (exact) mass is 196 g/mol. The van der Waals surface area contributed by atoms with E-state index in [0.717, 1.165) is 25.7 Å². The zero-order valence-corrected chi connectivity index (χ0v) is 9.03. The minimum absolute atomic E-state index is 0.224. The summed E-state index contributed by atoms with van der Waals surface area (Å²) in [5, 5.41) is 20.4. The van der Waals surface area contributed by atoms with Crippen molar-refractivity contribution in [2.45, 2.75) is 50.7 Å². The van der Waals surface area contributed by atoms with Crippen LogP contribution in [0.1, 0.15) is 39.5 Å². The van der Waals surface area contributed by atoms with Gasteiger partial charge >= 0.3 is 0 Å². The molecule has 0 aliphatic heterocycles. The second-order valence-electron chi connectivity index (χ2n) is 5.39. The molecule has 2 aliphatic rings. The maximum absolute atomic E-state index is 10.2. The Morgan fingerprint density at radius 3 is 1.64 bits per heavy atom. The summed E-state index contributed by atoms with van der Waals surface area (Å²) >= 11 is 0. The van der Waals surface area contributed by atoms with E-state index in [0.29, 0.717) is 0 Å². The van der Waals surface area contributed by atoms with Crippen LogP contribution >= 0.6 is 0 Å². The van der Waals surface area contributed by atoms with Crippen molar-refractivity contribution in [3.63, 3.8) is 0 Å². The normalized spacial score (nSPS) is 52.9. The Kier molecular flexibility index (Phi) is 2.24. The average Bonchev–Trinajstić information content (AvgIpc) is 2.29. The Balaban J connectivity index is 2.27. The molecule has 0 spiro atoms. The summed E-state index contributed by atoms with van der Waals surface area (Å²) in [5.41, 5.74) is -1.14. The molecule has 0 saturated carbocycles. The molecule has 2 heteroatoms. The molecule has 0 amide bonds. The maximum atomic E-state index is 10.2. The Morgan fingerprint density at radius 2 is 1.29 bits per heavy atom. The molecule has 4 atom stereocenters. The summed E-state index contributed by atoms with van der Waals surface area (Å²) in [6.07, 6.45) is 7.61. The maximum Gasteiger partial charge on any atom is 0.0682 e. The Hall–Kier alpha value is -0.340. The van der Waals surface area contributed by atoms with Crippen molar-refractivity contribution in [2.24, 2.45) is 11.8 Å². The van der Waals surface area contributed by atoms with Gasteiger partial charge in [0.05, 0.1) is 11.2 Å². The first-order chi connectivity index (χ1) is 6.42. The highest BCUT2D eigenvalue weighted by Crippen LogP contribution is 2.42. The molecule has 0 radical (unpaired) electrons. The van der Waals surface area contributed by atoms with Crippen molar-refractivity contribution < 1.29 is 10.2 Å². The van der Waals surface area contributed by atoms with E-state index in [1.807, 2.05) is 13.8 Å². The van der Waals surface area contributed by atoms with Crippen molar-refractivity contribution in [1.82, 2.24) is 0 Å². The zero-order chi connectivity index (χ0) is 10.4. The molecule has 0 unspecified atom stereocenters. The van der Waals surface area contributed by atoms with Crippen LogP contribution < -0.4 is 0 Å². The Bertz CT molecular complexity index is 227. The van der Waals surface area contributed by atoms with Crippen LogP contribution in [0.25, 0.3) is 0 Å². The average molecular weight is 196 g/mol. The molecular formula is C12H20O2. The van der Waals surface area contributed by atoms with Crippen molar-refractivity contribution >= 4 is 0 Å². The van der Waals surface area contributed by atoms with Gasteiger partial charge < -0.3 is 10.2 Å². The molecule has 2 aliphatic carbocycles. The first-order valence-electron chi connectivity index (χ1n) is 5.55. The molecule has 14 heavy (non-hydrogen) atoms. The van der Waals surface area contributed by atoms with Crippen LogP contribution in [0.15, 0.2) is 12.2 Å². The van der Waals surface area contributed by atoms with Gasteiger partial charge in [0, 0.05) is 11.8 Å². The Labute approximate surface area is 85.6 Å². The van der Waals surface area contributed by atoms with Gasteiger partial charge in [-0.15, -0.1) is 0 Å². The molecule has 0 saturated heterocycles. The van der Waals surface area contributed by atoms with Crippen LogP contribution in [0.2, 0.25) is 0 Å². The highest BCUT2D eigenvalue weighted by molar-refractivity contribution is 5.10. The van der Waals surface area contributed by atoms with Crippen LogP contribution in [-0.2, 0) is 0 Å². The first kappa shape index (κ1) is 10.2. The van der Waals surface area contributed by atoms with E-state index >= 15 is 0 Å². The number of aliphatic hydroxyl groups is 2. The third kappa shape index (κ3) is 1.61. The molecule has 0 aromatic heterocycles. The molecule has 0 aromatic carbocycles. The molecule has 2 rings (SSSR count). The zero-order valence-electron chi connectivity index (χ0n) is 9.03. The second kappa shape index (κ2) is 3.07. The minimum Gasteiger partial charge on any atom is -0.390 e. The van der Waals surface area contributed by atoms with E-state index in [-0.39, 0.29) is 11.8 Å². The highest BCUT2D eigenvalue weighted by Gasteiger charge is 2.41. The minimum atomic E-state index is -0.568. The van der Waals surface area contributed by atoms with Gasteiger partial charge in [0.2, 0.25) is 0 Å². The summed E-state index contributed by atoms with van der Waals surface area (Å²) in [7, 11) is 0. The largest absolute Gasteiger partial charge is 0.390 e. The predicted octanol–water partition coefficient (Wildman–Crippen LogP) is 1.86. The van der Waals surface area contributed by atoms with Crippen molar-refractivity contribution in [3.05, 3.63) is 12.2 Å². The van der Waals surface area contributed by atoms with E-state index < -0.39 is 11.2 Å². The van der Waals surface area contributed by atoms with Gasteiger partial charge in [0.1, 0.15) is 0 Å². The predicted molar refractivity (Wildman–Crippen MR) is 55.8 cm³/mol. The summed E-state index contributed by atoms with van der Waals surface area (Å²) in [5.74, 6) is 0.447. The smallest absolute Gasteiger partial charge is 0.0682 e. The molecule has 2 N–H and O–H groups in total. The molecule has 0 heterocycles. The number of hydrogen-bond acceptors (Lipinski definition) is 2. The van der Waals surface area contributed by atoms with Crippen LogP contribution in [0, 0.1) is 11.8 Å². The Morgan fingerprint density at radius 1 is 0.929 bits per heavy atom. The SMILES string of the molecule is C[C@]1(O)CC[C@@H]2C=C[C@H]1CC[C@]2(C)O. The standard InChI is InChI=1S/C12H20O2/c1-11(13)7-5-10-4-3-9(11)6-8-12(10,2)14/h3-4,9-10,13-14H,5-8H2,1-2H3/t9-,10-,11-,12-/m0/s1. The van der Waals surface area contributed by atoms with Gasteiger partial charge in [-0.05, 0) is 39.5 Å². The van der Waals surface area contributed by atoms with Crippen LogP contribution in [0.4, 0.5) is 0 Å². The van der Waals surface area contributed by atoms with E-state index in [4.69, 9.17) is 0 Å². The summed E-state index contributed by atoms with van der Waals surface area (Å²) in [6, 6.07) is 0. The molecule has 2 bridgehead atoms. The van der Waals surface area contributed by atoms with Crippen LogP contribution in [0.5, 0.6) is 0 Å². The lowest BCUT2D eigenvalue weighted by atomic mass is 9.75. The highest BCUT2D eigenvalue weighted by atomic mass is 16.3. The second-order valence-corrected chi connectivity index (χ2v) is 5.39. The van der Waals surface area contributed by atoms with Gasteiger partial charge in [-0.25, -0.2) is 0 Å². The number of rotatable bonds is 0. The molecule has 80 valence electrons.